The molecule has 0 fully saturated rings. The molecule has 0 aliphatic rings. The molecule has 0 atom stereocenters. The molecule has 2 aromatic rings. The summed E-state index contributed by atoms with van der Waals surface area (Å²) in [5, 5.41) is 12.1. The van der Waals surface area contributed by atoms with Crippen LogP contribution < -0.4 is 5.32 Å². The number of nitrogens with one attached hydrogen (secondary N) is 1. The molecule has 0 radical (unpaired) electrons. The van der Waals surface area contributed by atoms with Gasteiger partial charge in [0.05, 0.1) is 5.56 Å². The SMILES string of the molecule is Cc1cc(C(=O)O)cc(NCc2cnccc2C)n1. The van der Waals surface area contributed by atoms with E-state index >= 15 is 0 Å². The summed E-state index contributed by atoms with van der Waals surface area (Å²) in [6.07, 6.45) is 3.53. The zero-order valence-electron chi connectivity index (χ0n) is 10.8. The molecule has 0 spiro atoms. The van der Waals surface area contributed by atoms with Crippen molar-refractivity contribution in [3.8, 4) is 0 Å². The lowest BCUT2D eigenvalue weighted by atomic mass is 10.1. The van der Waals surface area contributed by atoms with Gasteiger partial charge in [-0.1, -0.05) is 0 Å². The molecule has 0 amide bonds. The van der Waals surface area contributed by atoms with Gasteiger partial charge in [0.1, 0.15) is 5.82 Å². The summed E-state index contributed by atoms with van der Waals surface area (Å²) in [7, 11) is 0. The Morgan fingerprint density at radius 2 is 2.16 bits per heavy atom. The molecule has 0 bridgehead atoms. The van der Waals surface area contributed by atoms with Gasteiger partial charge in [-0.15, -0.1) is 0 Å². The van der Waals surface area contributed by atoms with Crippen LogP contribution in [-0.2, 0) is 6.54 Å². The zero-order chi connectivity index (χ0) is 13.8. The summed E-state index contributed by atoms with van der Waals surface area (Å²) < 4.78 is 0. The van der Waals surface area contributed by atoms with E-state index in [1.54, 1.807) is 25.4 Å². The molecule has 0 saturated heterocycles. The molecule has 19 heavy (non-hydrogen) atoms. The Balaban J connectivity index is 2.16. The number of carboxylic acid groups (broad SMARTS) is 1. The molecule has 0 aliphatic carbocycles. The Morgan fingerprint density at radius 3 is 2.84 bits per heavy atom. The summed E-state index contributed by atoms with van der Waals surface area (Å²) in [5.74, 6) is -0.397. The van der Waals surface area contributed by atoms with E-state index in [-0.39, 0.29) is 5.56 Å². The number of anilines is 1. The van der Waals surface area contributed by atoms with Crippen molar-refractivity contribution in [2.45, 2.75) is 20.4 Å². The number of aryl methyl sites for hydroxylation is 2. The van der Waals surface area contributed by atoms with Crippen molar-refractivity contribution >= 4 is 11.8 Å². The molecule has 98 valence electrons. The van der Waals surface area contributed by atoms with E-state index in [4.69, 9.17) is 5.11 Å². The van der Waals surface area contributed by atoms with Crippen molar-refractivity contribution < 1.29 is 9.90 Å². The fourth-order valence-corrected chi connectivity index (χ4v) is 1.75. The normalized spacial score (nSPS) is 10.2. The Labute approximate surface area is 111 Å². The number of aromatic nitrogens is 2. The molecular formula is C14H15N3O2. The molecule has 0 aromatic carbocycles. The van der Waals surface area contributed by atoms with Crippen LogP contribution in [0.5, 0.6) is 0 Å². The summed E-state index contributed by atoms with van der Waals surface area (Å²) in [4.78, 5) is 19.3. The number of rotatable bonds is 4. The maximum absolute atomic E-state index is 11.0. The molecule has 2 rings (SSSR count). The van der Waals surface area contributed by atoms with E-state index < -0.39 is 5.97 Å². The quantitative estimate of drug-likeness (QED) is 0.879. The van der Waals surface area contributed by atoms with Crippen molar-refractivity contribution in [3.05, 3.63) is 53.0 Å². The third-order valence-electron chi connectivity index (χ3n) is 2.81. The molecule has 0 saturated carbocycles. The van der Waals surface area contributed by atoms with E-state index in [1.165, 1.54) is 6.07 Å². The van der Waals surface area contributed by atoms with Crippen molar-refractivity contribution in [2.75, 3.05) is 5.32 Å². The number of carboxylic acids is 1. The van der Waals surface area contributed by atoms with Gasteiger partial charge in [0.15, 0.2) is 0 Å². The lowest BCUT2D eigenvalue weighted by molar-refractivity contribution is 0.0696. The van der Waals surface area contributed by atoms with Gasteiger partial charge in [-0.3, -0.25) is 4.98 Å². The fraction of sp³-hybridized carbons (Fsp3) is 0.214. The first-order chi connectivity index (χ1) is 9.06. The van der Waals surface area contributed by atoms with Gasteiger partial charge in [0, 0.05) is 24.6 Å². The Bertz CT molecular complexity index is 611. The van der Waals surface area contributed by atoms with Crippen LogP contribution in [0.1, 0.15) is 27.2 Å². The summed E-state index contributed by atoms with van der Waals surface area (Å²) in [6.45, 7) is 4.34. The lowest BCUT2D eigenvalue weighted by Gasteiger charge is -2.09. The van der Waals surface area contributed by atoms with Crippen LogP contribution in [0.2, 0.25) is 0 Å². The summed E-state index contributed by atoms with van der Waals surface area (Å²) in [6, 6.07) is 5.01. The number of nitrogens with zero attached hydrogens (tertiary/aromatic N) is 2. The molecular weight excluding hydrogens is 242 g/mol. The lowest BCUT2D eigenvalue weighted by Crippen LogP contribution is -2.06. The standard InChI is InChI=1S/C14H15N3O2/c1-9-3-4-15-7-12(9)8-16-13-6-11(14(18)19)5-10(2)17-13/h3-7H,8H2,1-2H3,(H,16,17)(H,18,19). The second-order valence-corrected chi connectivity index (χ2v) is 4.34. The number of pyridine rings is 2. The summed E-state index contributed by atoms with van der Waals surface area (Å²) in [5.41, 5.74) is 3.10. The van der Waals surface area contributed by atoms with Gasteiger partial charge in [-0.05, 0) is 43.2 Å². The highest BCUT2D eigenvalue weighted by atomic mass is 16.4. The van der Waals surface area contributed by atoms with Crippen molar-refractivity contribution in [2.24, 2.45) is 0 Å². The zero-order valence-corrected chi connectivity index (χ0v) is 10.8. The second kappa shape index (κ2) is 5.48. The minimum Gasteiger partial charge on any atom is -0.478 e. The van der Waals surface area contributed by atoms with Gasteiger partial charge in [0.2, 0.25) is 0 Å². The predicted molar refractivity (Wildman–Crippen MR) is 72.2 cm³/mol. The van der Waals surface area contributed by atoms with Crippen LogP contribution in [0, 0.1) is 13.8 Å². The van der Waals surface area contributed by atoms with Gasteiger partial charge >= 0.3 is 5.97 Å². The monoisotopic (exact) mass is 257 g/mol. The number of hydrogen-bond acceptors (Lipinski definition) is 4. The highest BCUT2D eigenvalue weighted by Crippen LogP contribution is 2.13. The van der Waals surface area contributed by atoms with Crippen molar-refractivity contribution in [3.63, 3.8) is 0 Å². The largest absolute Gasteiger partial charge is 0.478 e. The van der Waals surface area contributed by atoms with Crippen molar-refractivity contribution in [1.82, 2.24) is 9.97 Å². The second-order valence-electron chi connectivity index (χ2n) is 4.34. The maximum Gasteiger partial charge on any atom is 0.335 e. The van der Waals surface area contributed by atoms with Gasteiger partial charge in [-0.2, -0.15) is 0 Å². The smallest absolute Gasteiger partial charge is 0.335 e. The maximum atomic E-state index is 11.0. The third-order valence-corrected chi connectivity index (χ3v) is 2.81. The number of hydrogen-bond donors (Lipinski definition) is 2. The third kappa shape index (κ3) is 3.28. The van der Waals surface area contributed by atoms with E-state index in [0.29, 0.717) is 18.1 Å². The average molecular weight is 257 g/mol. The minimum absolute atomic E-state index is 0.234. The number of carbonyl (C=O) groups is 1. The Morgan fingerprint density at radius 1 is 1.37 bits per heavy atom. The Kier molecular flexibility index (Phi) is 3.75. The summed E-state index contributed by atoms with van der Waals surface area (Å²) >= 11 is 0. The van der Waals surface area contributed by atoms with Crippen LogP contribution in [0.3, 0.4) is 0 Å². The molecule has 5 heteroatoms. The van der Waals surface area contributed by atoms with E-state index in [1.807, 2.05) is 13.0 Å². The molecule has 2 N–H and O–H groups in total. The minimum atomic E-state index is -0.953. The van der Waals surface area contributed by atoms with Crippen molar-refractivity contribution in [1.29, 1.82) is 0 Å². The first-order valence-corrected chi connectivity index (χ1v) is 5.91. The van der Waals surface area contributed by atoms with E-state index in [9.17, 15) is 4.79 Å². The molecule has 5 nitrogen and oxygen atoms in total. The first-order valence-electron chi connectivity index (χ1n) is 5.91. The van der Waals surface area contributed by atoms with Gasteiger partial charge in [0.25, 0.3) is 0 Å². The van der Waals surface area contributed by atoms with E-state index in [0.717, 1.165) is 11.1 Å². The molecule has 2 aromatic heterocycles. The molecule has 0 unspecified atom stereocenters. The van der Waals surface area contributed by atoms with Gasteiger partial charge < -0.3 is 10.4 Å². The van der Waals surface area contributed by atoms with Crippen LogP contribution in [0.4, 0.5) is 5.82 Å². The van der Waals surface area contributed by atoms with Gasteiger partial charge in [-0.25, -0.2) is 9.78 Å². The topological polar surface area (TPSA) is 75.1 Å². The molecule has 2 heterocycles. The van der Waals surface area contributed by atoms with Crippen LogP contribution in [0.25, 0.3) is 0 Å². The van der Waals surface area contributed by atoms with Crippen LogP contribution in [-0.4, -0.2) is 21.0 Å². The molecule has 0 aliphatic heterocycles. The Hall–Kier alpha value is -2.43. The average Bonchev–Trinajstić information content (AvgIpc) is 2.37. The highest BCUT2D eigenvalue weighted by Gasteiger charge is 2.06. The highest BCUT2D eigenvalue weighted by molar-refractivity contribution is 5.88. The van der Waals surface area contributed by atoms with Crippen LogP contribution >= 0.6 is 0 Å². The number of aromatic carboxylic acids is 1. The predicted octanol–water partition coefficient (Wildman–Crippen LogP) is 2.40. The van der Waals surface area contributed by atoms with Crippen LogP contribution in [0.15, 0.2) is 30.6 Å². The fourth-order valence-electron chi connectivity index (χ4n) is 1.75. The van der Waals surface area contributed by atoms with E-state index in [2.05, 4.69) is 15.3 Å². The first kappa shape index (κ1) is 13.0.